The molecule has 7 nitrogen and oxygen atoms in total. The normalized spacial score (nSPS) is 11.9. The topological polar surface area (TPSA) is 95.2 Å². The van der Waals surface area contributed by atoms with Gasteiger partial charge in [-0.25, -0.2) is 15.0 Å². The second kappa shape index (κ2) is 6.50. The lowest BCUT2D eigenvalue weighted by Gasteiger charge is -2.14. The average molecular weight is 361 g/mol. The lowest BCUT2D eigenvalue weighted by molar-refractivity contribution is 0.567. The number of H-pyrrole nitrogens is 2. The van der Waals surface area contributed by atoms with Crippen LogP contribution < -0.4 is 5.32 Å². The third kappa shape index (κ3) is 3.67. The number of aryl methyl sites for hydroxylation is 1. The molecule has 0 saturated carbocycles. The summed E-state index contributed by atoms with van der Waals surface area (Å²) in [6, 6.07) is 4.13. The average Bonchev–Trinajstić information content (AvgIpc) is 3.24. The molecule has 4 heterocycles. The van der Waals surface area contributed by atoms with Gasteiger partial charge in [-0.15, -0.1) is 0 Å². The first-order valence-electron chi connectivity index (χ1n) is 8.95. The highest BCUT2D eigenvalue weighted by Gasteiger charge is 2.17. The van der Waals surface area contributed by atoms with Crippen LogP contribution in [0.15, 0.2) is 36.9 Å². The lowest BCUT2D eigenvalue weighted by Crippen LogP contribution is -2.11. The minimum atomic E-state index is 0.0180. The maximum absolute atomic E-state index is 4.42. The molecule has 7 heteroatoms. The number of rotatable bonds is 4. The second-order valence-corrected chi connectivity index (χ2v) is 7.86. The van der Waals surface area contributed by atoms with Gasteiger partial charge in [0, 0.05) is 53.8 Å². The number of nitrogens with zero attached hydrogens (tertiary/aromatic N) is 4. The monoisotopic (exact) mass is 361 g/mol. The van der Waals surface area contributed by atoms with E-state index in [0.717, 1.165) is 34.3 Å². The van der Waals surface area contributed by atoms with Crippen LogP contribution in [0.3, 0.4) is 0 Å². The van der Waals surface area contributed by atoms with Crippen molar-refractivity contribution in [2.75, 3.05) is 5.32 Å². The fraction of sp³-hybridized carbons (Fsp3) is 0.300. The zero-order valence-electron chi connectivity index (χ0n) is 16.0. The fourth-order valence-electron chi connectivity index (χ4n) is 2.92. The Morgan fingerprint density at radius 1 is 1.04 bits per heavy atom. The third-order valence-corrected chi connectivity index (χ3v) is 4.48. The summed E-state index contributed by atoms with van der Waals surface area (Å²) in [4.78, 5) is 16.5. The molecule has 0 aliphatic rings. The first kappa shape index (κ1) is 17.2. The number of hydrogen-bond acceptors (Lipinski definition) is 5. The summed E-state index contributed by atoms with van der Waals surface area (Å²) in [5.74, 6) is 1.24. The first-order valence-corrected chi connectivity index (χ1v) is 8.95. The van der Waals surface area contributed by atoms with Crippen molar-refractivity contribution in [3.63, 3.8) is 0 Å². The van der Waals surface area contributed by atoms with Crippen LogP contribution in [-0.2, 0) is 11.8 Å². The van der Waals surface area contributed by atoms with Crippen LogP contribution in [0, 0.1) is 6.92 Å². The summed E-state index contributed by atoms with van der Waals surface area (Å²) in [6.07, 6.45) is 8.30. The maximum Gasteiger partial charge on any atom is 0.228 e. The molecule has 138 valence electrons. The highest BCUT2D eigenvalue weighted by atomic mass is 15.2. The number of fused-ring (bicyclic) bond motifs is 1. The molecular weight excluding hydrogens is 338 g/mol. The van der Waals surface area contributed by atoms with Gasteiger partial charge in [0.05, 0.1) is 0 Å². The number of nitrogens with one attached hydrogen (secondary N) is 3. The molecular formula is C20H23N7. The Hall–Kier alpha value is -3.22. The molecule has 0 amide bonds. The molecule has 0 spiro atoms. The van der Waals surface area contributed by atoms with Gasteiger partial charge in [-0.3, -0.25) is 5.10 Å². The van der Waals surface area contributed by atoms with E-state index in [0.29, 0.717) is 11.8 Å². The third-order valence-electron chi connectivity index (χ3n) is 4.48. The van der Waals surface area contributed by atoms with Crippen LogP contribution in [0.25, 0.3) is 11.0 Å². The molecule has 0 aliphatic carbocycles. The first-order chi connectivity index (χ1) is 12.9. The van der Waals surface area contributed by atoms with E-state index < -0.39 is 0 Å². The molecule has 4 rings (SSSR count). The van der Waals surface area contributed by atoms with Crippen LogP contribution in [0.5, 0.6) is 0 Å². The van der Waals surface area contributed by atoms with Gasteiger partial charge in [-0.2, -0.15) is 5.10 Å². The molecule has 0 atom stereocenters. The minimum Gasteiger partial charge on any atom is -0.346 e. The zero-order valence-corrected chi connectivity index (χ0v) is 16.0. The molecule has 0 fully saturated rings. The van der Waals surface area contributed by atoms with Crippen LogP contribution in [-0.4, -0.2) is 30.1 Å². The van der Waals surface area contributed by atoms with E-state index in [1.165, 1.54) is 5.56 Å². The molecule has 4 aromatic rings. The molecule has 0 aliphatic heterocycles. The van der Waals surface area contributed by atoms with Gasteiger partial charge in [-0.05, 0) is 29.7 Å². The largest absolute Gasteiger partial charge is 0.346 e. The van der Waals surface area contributed by atoms with Crippen molar-refractivity contribution in [1.29, 1.82) is 0 Å². The van der Waals surface area contributed by atoms with Crippen LogP contribution in [0.2, 0.25) is 0 Å². The number of anilines is 2. The Balaban J connectivity index is 1.49. The Morgan fingerprint density at radius 2 is 1.81 bits per heavy atom. The number of hydrogen-bond donors (Lipinski definition) is 3. The SMILES string of the molecule is Cc1cnc2[nH]cc(Cc3cnc(Nc4cc(C(C)(C)C)[nH]n4)nc3)c2c1. The molecule has 3 N–H and O–H groups in total. The summed E-state index contributed by atoms with van der Waals surface area (Å²) in [5, 5.41) is 11.6. The summed E-state index contributed by atoms with van der Waals surface area (Å²) >= 11 is 0. The van der Waals surface area contributed by atoms with Crippen LogP contribution in [0.1, 0.15) is 43.2 Å². The Bertz CT molecular complexity index is 1070. The Labute approximate surface area is 157 Å². The van der Waals surface area contributed by atoms with Crippen molar-refractivity contribution < 1.29 is 0 Å². The van der Waals surface area contributed by atoms with E-state index in [4.69, 9.17) is 0 Å². The van der Waals surface area contributed by atoms with Crippen molar-refractivity contribution in [2.24, 2.45) is 0 Å². The van der Waals surface area contributed by atoms with Crippen molar-refractivity contribution in [3.05, 3.63) is 59.3 Å². The zero-order chi connectivity index (χ0) is 19.0. The van der Waals surface area contributed by atoms with Gasteiger partial charge < -0.3 is 10.3 Å². The van der Waals surface area contributed by atoms with Crippen molar-refractivity contribution in [1.82, 2.24) is 30.1 Å². The molecule has 0 aromatic carbocycles. The van der Waals surface area contributed by atoms with E-state index in [2.05, 4.69) is 62.3 Å². The van der Waals surface area contributed by atoms with Gasteiger partial charge in [-0.1, -0.05) is 20.8 Å². The quantitative estimate of drug-likeness (QED) is 0.510. The smallest absolute Gasteiger partial charge is 0.228 e. The predicted octanol–water partition coefficient (Wildman–Crippen LogP) is 4.02. The van der Waals surface area contributed by atoms with E-state index in [1.54, 1.807) is 0 Å². The van der Waals surface area contributed by atoms with Gasteiger partial charge in [0.25, 0.3) is 0 Å². The van der Waals surface area contributed by atoms with Gasteiger partial charge in [0.1, 0.15) is 5.65 Å². The molecule has 4 aromatic heterocycles. The summed E-state index contributed by atoms with van der Waals surface area (Å²) < 4.78 is 0. The molecule has 0 unspecified atom stereocenters. The lowest BCUT2D eigenvalue weighted by atomic mass is 9.92. The molecule has 0 saturated heterocycles. The minimum absolute atomic E-state index is 0.0180. The van der Waals surface area contributed by atoms with E-state index in [1.807, 2.05) is 37.8 Å². The standard InChI is InChI=1S/C20H23N7/c1-12-5-15-14(11-22-18(15)21-8-12)6-13-9-23-19(24-10-13)25-17-7-16(26-27-17)20(2,3)4/h5,7-11H,6H2,1-4H3,(H,21,22)(H2,23,24,25,26,27). The Morgan fingerprint density at radius 3 is 2.52 bits per heavy atom. The number of aromatic amines is 2. The highest BCUT2D eigenvalue weighted by molar-refractivity contribution is 5.80. The van der Waals surface area contributed by atoms with E-state index in [-0.39, 0.29) is 5.41 Å². The van der Waals surface area contributed by atoms with Gasteiger partial charge in [0.2, 0.25) is 5.95 Å². The van der Waals surface area contributed by atoms with Crippen LogP contribution >= 0.6 is 0 Å². The van der Waals surface area contributed by atoms with E-state index in [9.17, 15) is 0 Å². The maximum atomic E-state index is 4.42. The summed E-state index contributed by atoms with van der Waals surface area (Å²) in [7, 11) is 0. The summed E-state index contributed by atoms with van der Waals surface area (Å²) in [6.45, 7) is 8.46. The molecule has 0 radical (unpaired) electrons. The number of aromatic nitrogens is 6. The van der Waals surface area contributed by atoms with Crippen molar-refractivity contribution in [3.8, 4) is 0 Å². The van der Waals surface area contributed by atoms with E-state index >= 15 is 0 Å². The van der Waals surface area contributed by atoms with Gasteiger partial charge >= 0.3 is 0 Å². The summed E-state index contributed by atoms with van der Waals surface area (Å²) in [5.41, 5.74) is 5.36. The van der Waals surface area contributed by atoms with Gasteiger partial charge in [0.15, 0.2) is 5.82 Å². The second-order valence-electron chi connectivity index (χ2n) is 7.86. The number of pyridine rings is 1. The van der Waals surface area contributed by atoms with Crippen LogP contribution in [0.4, 0.5) is 11.8 Å². The van der Waals surface area contributed by atoms with Crippen molar-refractivity contribution >= 4 is 22.8 Å². The molecule has 27 heavy (non-hydrogen) atoms. The van der Waals surface area contributed by atoms with Crippen molar-refractivity contribution in [2.45, 2.75) is 39.5 Å². The molecule has 0 bridgehead atoms. The predicted molar refractivity (Wildman–Crippen MR) is 106 cm³/mol. The Kier molecular flexibility index (Phi) is 4.14. The fourth-order valence-corrected chi connectivity index (χ4v) is 2.92. The highest BCUT2D eigenvalue weighted by Crippen LogP contribution is 2.23.